The zero-order chi connectivity index (χ0) is 15.6. The lowest BCUT2D eigenvalue weighted by molar-refractivity contribution is 0.0521. The molecule has 0 saturated carbocycles. The third kappa shape index (κ3) is 3.22. The van der Waals surface area contributed by atoms with E-state index in [0.29, 0.717) is 0 Å². The van der Waals surface area contributed by atoms with Gasteiger partial charge in [-0.25, -0.2) is 22.9 Å². The van der Waals surface area contributed by atoms with Crippen LogP contribution in [0.25, 0.3) is 5.82 Å². The van der Waals surface area contributed by atoms with Gasteiger partial charge in [-0.05, 0) is 31.5 Å². The fourth-order valence-electron chi connectivity index (χ4n) is 1.72. The summed E-state index contributed by atoms with van der Waals surface area (Å²) in [6, 6.07) is 3.36. The van der Waals surface area contributed by atoms with E-state index in [1.165, 1.54) is 6.20 Å². The molecule has 0 saturated heterocycles. The first-order chi connectivity index (χ1) is 9.84. The van der Waals surface area contributed by atoms with E-state index in [4.69, 9.17) is 15.4 Å². The molecule has 2 aromatic rings. The molecule has 0 bridgehead atoms. The molecule has 9 heteroatoms. The lowest BCUT2D eigenvalue weighted by atomic mass is 10.3. The molecule has 0 amide bonds. The highest BCUT2D eigenvalue weighted by Crippen LogP contribution is 2.23. The van der Waals surface area contributed by atoms with Gasteiger partial charge in [0.2, 0.25) is 0 Å². The van der Waals surface area contributed by atoms with E-state index in [0.717, 1.165) is 16.4 Å². The summed E-state index contributed by atoms with van der Waals surface area (Å²) in [5.41, 5.74) is 0.626. The van der Waals surface area contributed by atoms with E-state index in [-0.39, 0.29) is 18.0 Å². The number of pyridine rings is 1. The van der Waals surface area contributed by atoms with Gasteiger partial charge in [-0.2, -0.15) is 5.10 Å². The molecular weight excluding hydrogens is 318 g/mol. The number of ether oxygens (including phenoxy) is 1. The second kappa shape index (κ2) is 5.82. The Hall–Kier alpha value is -1.93. The van der Waals surface area contributed by atoms with E-state index >= 15 is 0 Å². The van der Waals surface area contributed by atoms with E-state index in [2.05, 4.69) is 10.1 Å². The third-order valence-corrected chi connectivity index (χ3v) is 3.86. The Morgan fingerprint density at radius 1 is 1.48 bits per heavy atom. The molecular formula is C12H12ClN3O4S. The summed E-state index contributed by atoms with van der Waals surface area (Å²) in [5.74, 6) is -0.569. The number of carbonyl (C=O) groups is 1. The van der Waals surface area contributed by atoms with Crippen molar-refractivity contribution in [2.24, 2.45) is 0 Å². The van der Waals surface area contributed by atoms with Gasteiger partial charge < -0.3 is 4.74 Å². The Bertz CT molecular complexity index is 786. The molecule has 21 heavy (non-hydrogen) atoms. The van der Waals surface area contributed by atoms with Crippen LogP contribution in [0.2, 0.25) is 0 Å². The summed E-state index contributed by atoms with van der Waals surface area (Å²) in [6.07, 6.45) is 2.60. The van der Waals surface area contributed by atoms with E-state index < -0.39 is 20.0 Å². The van der Waals surface area contributed by atoms with Gasteiger partial charge in [-0.3, -0.25) is 0 Å². The number of rotatable bonds is 4. The molecule has 0 unspecified atom stereocenters. The number of hydrogen-bond donors (Lipinski definition) is 0. The predicted molar refractivity (Wildman–Crippen MR) is 75.1 cm³/mol. The lowest BCUT2D eigenvalue weighted by Gasteiger charge is -2.06. The molecule has 7 nitrogen and oxygen atoms in total. The van der Waals surface area contributed by atoms with Gasteiger partial charge in [0, 0.05) is 16.9 Å². The van der Waals surface area contributed by atoms with Crippen molar-refractivity contribution in [3.63, 3.8) is 0 Å². The smallest absolute Gasteiger partial charge is 0.342 e. The van der Waals surface area contributed by atoms with Gasteiger partial charge in [0.15, 0.2) is 10.8 Å². The Labute approximate surface area is 125 Å². The second-order valence-corrected chi connectivity index (χ2v) is 6.61. The van der Waals surface area contributed by atoms with Gasteiger partial charge in [0.25, 0.3) is 9.05 Å². The monoisotopic (exact) mass is 329 g/mol. The molecule has 2 aromatic heterocycles. The van der Waals surface area contributed by atoms with Crippen LogP contribution < -0.4 is 0 Å². The van der Waals surface area contributed by atoms with Gasteiger partial charge in [0.05, 0.1) is 12.8 Å². The van der Waals surface area contributed by atoms with Crippen molar-refractivity contribution >= 4 is 25.7 Å². The zero-order valence-electron chi connectivity index (χ0n) is 11.3. The molecule has 0 fully saturated rings. The zero-order valence-corrected chi connectivity index (χ0v) is 12.8. The summed E-state index contributed by atoms with van der Waals surface area (Å²) in [7, 11) is 1.21. The fraction of sp³-hybridized carbons (Fsp3) is 0.250. The fourth-order valence-corrected chi connectivity index (χ4v) is 2.91. The molecule has 0 radical (unpaired) electrons. The van der Waals surface area contributed by atoms with Crippen molar-refractivity contribution in [2.45, 2.75) is 18.9 Å². The largest absolute Gasteiger partial charge is 0.462 e. The standard InChI is InChI=1S/C12H12ClN3O4S/c1-3-20-12(17)9-7-15-16(11(9)21(13,18)19)10-6-8(2)4-5-14-10/h4-7H,3H2,1-2H3. The van der Waals surface area contributed by atoms with Crippen molar-refractivity contribution < 1.29 is 17.9 Å². The Kier molecular flexibility index (Phi) is 4.29. The SMILES string of the molecule is CCOC(=O)c1cnn(-c2cc(C)ccn2)c1S(=O)(=O)Cl. The highest BCUT2D eigenvalue weighted by Gasteiger charge is 2.29. The topological polar surface area (TPSA) is 91.2 Å². The molecule has 0 atom stereocenters. The van der Waals surface area contributed by atoms with Crippen molar-refractivity contribution in [3.05, 3.63) is 35.7 Å². The van der Waals surface area contributed by atoms with Crippen LogP contribution in [0.1, 0.15) is 22.8 Å². The van der Waals surface area contributed by atoms with E-state index in [9.17, 15) is 13.2 Å². The highest BCUT2D eigenvalue weighted by molar-refractivity contribution is 8.13. The number of nitrogens with zero attached hydrogens (tertiary/aromatic N) is 3. The minimum atomic E-state index is -4.21. The number of hydrogen-bond acceptors (Lipinski definition) is 6. The van der Waals surface area contributed by atoms with Crippen LogP contribution in [-0.2, 0) is 13.8 Å². The number of carbonyl (C=O) groups excluding carboxylic acids is 1. The summed E-state index contributed by atoms with van der Waals surface area (Å²) in [4.78, 5) is 15.8. The molecule has 2 rings (SSSR count). The van der Waals surface area contributed by atoms with Gasteiger partial charge in [0.1, 0.15) is 5.56 Å². The van der Waals surface area contributed by atoms with Gasteiger partial charge in [-0.1, -0.05) is 0 Å². The highest BCUT2D eigenvalue weighted by atomic mass is 35.7. The van der Waals surface area contributed by atoms with Crippen molar-refractivity contribution in [3.8, 4) is 5.82 Å². The lowest BCUT2D eigenvalue weighted by Crippen LogP contribution is -2.12. The summed E-state index contributed by atoms with van der Waals surface area (Å²) < 4.78 is 29.3. The maximum atomic E-state index is 11.8. The Balaban J connectivity index is 2.66. The average molecular weight is 330 g/mol. The first-order valence-corrected chi connectivity index (χ1v) is 8.28. The molecule has 0 spiro atoms. The van der Waals surface area contributed by atoms with E-state index in [1.807, 2.05) is 6.92 Å². The van der Waals surface area contributed by atoms with Crippen LogP contribution in [0.15, 0.2) is 29.6 Å². The van der Waals surface area contributed by atoms with Crippen LogP contribution in [0.5, 0.6) is 0 Å². The minimum Gasteiger partial charge on any atom is -0.462 e. The van der Waals surface area contributed by atoms with Crippen LogP contribution in [0.4, 0.5) is 0 Å². The van der Waals surface area contributed by atoms with Crippen molar-refractivity contribution in [1.82, 2.24) is 14.8 Å². The molecule has 0 N–H and O–H groups in total. The second-order valence-electron chi connectivity index (χ2n) is 4.12. The van der Waals surface area contributed by atoms with Crippen LogP contribution in [0.3, 0.4) is 0 Å². The molecule has 0 aromatic carbocycles. The number of esters is 1. The van der Waals surface area contributed by atoms with Crippen molar-refractivity contribution in [2.75, 3.05) is 6.61 Å². The Morgan fingerprint density at radius 3 is 2.76 bits per heavy atom. The molecule has 0 aliphatic carbocycles. The average Bonchev–Trinajstić information content (AvgIpc) is 2.83. The molecule has 0 aliphatic heterocycles. The van der Waals surface area contributed by atoms with Crippen molar-refractivity contribution in [1.29, 1.82) is 0 Å². The van der Waals surface area contributed by atoms with E-state index in [1.54, 1.807) is 19.1 Å². The summed E-state index contributed by atoms with van der Waals surface area (Å²) in [5, 5.41) is 3.43. The maximum Gasteiger partial charge on any atom is 0.342 e. The van der Waals surface area contributed by atoms with Crippen LogP contribution in [0, 0.1) is 6.92 Å². The third-order valence-electron chi connectivity index (χ3n) is 2.57. The normalized spacial score (nSPS) is 11.4. The van der Waals surface area contributed by atoms with Crippen LogP contribution in [-0.4, -0.2) is 35.8 Å². The maximum absolute atomic E-state index is 11.8. The quantitative estimate of drug-likeness (QED) is 0.626. The first-order valence-electron chi connectivity index (χ1n) is 5.97. The number of aryl methyl sites for hydroxylation is 1. The van der Waals surface area contributed by atoms with Gasteiger partial charge >= 0.3 is 5.97 Å². The molecule has 112 valence electrons. The summed E-state index contributed by atoms with van der Waals surface area (Å²) in [6.45, 7) is 3.53. The molecule has 2 heterocycles. The first kappa shape index (κ1) is 15.5. The number of aromatic nitrogens is 3. The van der Waals surface area contributed by atoms with Crippen LogP contribution >= 0.6 is 10.7 Å². The minimum absolute atomic E-state index is 0.106. The predicted octanol–water partition coefficient (Wildman–Crippen LogP) is 1.68. The Morgan fingerprint density at radius 2 is 2.19 bits per heavy atom. The number of halogens is 1. The van der Waals surface area contributed by atoms with Gasteiger partial charge in [-0.15, -0.1) is 0 Å². The molecule has 0 aliphatic rings. The summed E-state index contributed by atoms with van der Waals surface area (Å²) >= 11 is 0.